The van der Waals surface area contributed by atoms with E-state index in [-0.39, 0.29) is 7.92 Å². The van der Waals surface area contributed by atoms with Crippen molar-refractivity contribution in [3.05, 3.63) is 30.3 Å². The lowest BCUT2D eigenvalue weighted by Crippen LogP contribution is -2.34. The van der Waals surface area contributed by atoms with Crippen molar-refractivity contribution >= 4 is 13.2 Å². The fourth-order valence-electron chi connectivity index (χ4n) is 3.96. The van der Waals surface area contributed by atoms with Gasteiger partial charge in [0.1, 0.15) is 0 Å². The molecule has 1 aliphatic rings. The van der Waals surface area contributed by atoms with Crippen LogP contribution in [0.3, 0.4) is 0 Å². The van der Waals surface area contributed by atoms with Crippen molar-refractivity contribution in [3.8, 4) is 0 Å². The molecule has 1 aromatic rings. The van der Waals surface area contributed by atoms with Gasteiger partial charge in [-0.2, -0.15) is 0 Å². The topological polar surface area (TPSA) is 0 Å². The third kappa shape index (κ3) is 4.56. The normalized spacial score (nSPS) is 28.0. The average molecular weight is 304 g/mol. The Morgan fingerprint density at radius 2 is 1.71 bits per heavy atom. The van der Waals surface area contributed by atoms with Gasteiger partial charge in [0.25, 0.3) is 0 Å². The maximum absolute atomic E-state index is 2.47. The number of hydrogen-bond acceptors (Lipinski definition) is 0. The fourth-order valence-corrected chi connectivity index (χ4v) is 7.73. The van der Waals surface area contributed by atoms with Crippen LogP contribution in [-0.2, 0) is 0 Å². The summed E-state index contributed by atoms with van der Waals surface area (Å²) in [7, 11) is -0.0118. The van der Waals surface area contributed by atoms with Crippen LogP contribution in [-0.4, -0.2) is 11.8 Å². The highest BCUT2D eigenvalue weighted by atomic mass is 31.1. The van der Waals surface area contributed by atoms with E-state index >= 15 is 0 Å². The first-order valence-corrected chi connectivity index (χ1v) is 10.4. The van der Waals surface area contributed by atoms with Gasteiger partial charge in [-0.25, -0.2) is 0 Å². The molecule has 1 aliphatic carbocycles. The van der Waals surface area contributed by atoms with Gasteiger partial charge in [0.2, 0.25) is 0 Å². The number of benzene rings is 1. The molecule has 0 aliphatic heterocycles. The van der Waals surface area contributed by atoms with E-state index in [0.29, 0.717) is 0 Å². The maximum atomic E-state index is 2.47. The van der Waals surface area contributed by atoms with Crippen molar-refractivity contribution in [1.29, 1.82) is 0 Å². The minimum absolute atomic E-state index is 0.0118. The Kier molecular flexibility index (Phi) is 6.30. The highest BCUT2D eigenvalue weighted by Crippen LogP contribution is 2.53. The van der Waals surface area contributed by atoms with E-state index in [4.69, 9.17) is 0 Å². The Hall–Kier alpha value is -0.350. The van der Waals surface area contributed by atoms with Gasteiger partial charge < -0.3 is 0 Å². The van der Waals surface area contributed by atoms with Crippen molar-refractivity contribution in [2.75, 3.05) is 6.16 Å². The van der Waals surface area contributed by atoms with Crippen LogP contribution < -0.4 is 5.30 Å². The summed E-state index contributed by atoms with van der Waals surface area (Å²) in [5, 5.41) is 1.64. The third-order valence-electron chi connectivity index (χ3n) is 5.04. The molecule has 21 heavy (non-hydrogen) atoms. The monoisotopic (exact) mass is 304 g/mol. The fraction of sp³-hybridized carbons (Fsp3) is 0.700. The first-order valence-electron chi connectivity index (χ1n) is 8.80. The van der Waals surface area contributed by atoms with Crippen LogP contribution in [0.1, 0.15) is 53.9 Å². The lowest BCUT2D eigenvalue weighted by atomic mass is 9.77. The van der Waals surface area contributed by atoms with Gasteiger partial charge in [-0.1, -0.05) is 79.3 Å². The molecule has 0 radical (unpaired) electrons. The summed E-state index contributed by atoms with van der Waals surface area (Å²) >= 11 is 0. The molecule has 4 atom stereocenters. The maximum Gasteiger partial charge on any atom is -0.0136 e. The standard InChI is InChI=1S/C20H33P/c1-15(2)14-21(18-9-7-6-8-10-18)20-13-17(5)11-12-19(20)16(3)4/h6-10,15-17,19-20H,11-14H2,1-5H3. The zero-order valence-electron chi connectivity index (χ0n) is 14.5. The van der Waals surface area contributed by atoms with Gasteiger partial charge in [0.05, 0.1) is 0 Å². The highest BCUT2D eigenvalue weighted by molar-refractivity contribution is 7.66. The SMILES string of the molecule is CC(C)CP(c1ccccc1)C1CC(C)CCC1C(C)C. The molecule has 0 N–H and O–H groups in total. The third-order valence-corrected chi connectivity index (χ3v) is 8.52. The lowest BCUT2D eigenvalue weighted by Gasteiger charge is -2.43. The van der Waals surface area contributed by atoms with Crippen LogP contribution in [0.5, 0.6) is 0 Å². The summed E-state index contributed by atoms with van der Waals surface area (Å²) in [6, 6.07) is 11.4. The lowest BCUT2D eigenvalue weighted by molar-refractivity contribution is 0.241. The Morgan fingerprint density at radius 3 is 2.29 bits per heavy atom. The van der Waals surface area contributed by atoms with Gasteiger partial charge in [0, 0.05) is 0 Å². The molecule has 0 saturated heterocycles. The molecular formula is C20H33P. The van der Waals surface area contributed by atoms with Crippen LogP contribution in [0.25, 0.3) is 0 Å². The molecule has 1 aromatic carbocycles. The van der Waals surface area contributed by atoms with Gasteiger partial charge in [0.15, 0.2) is 0 Å². The van der Waals surface area contributed by atoms with Gasteiger partial charge in [-0.15, -0.1) is 0 Å². The Balaban J connectivity index is 2.28. The second kappa shape index (κ2) is 7.77. The van der Waals surface area contributed by atoms with E-state index in [1.54, 1.807) is 5.30 Å². The first-order chi connectivity index (χ1) is 9.99. The van der Waals surface area contributed by atoms with E-state index in [0.717, 1.165) is 29.3 Å². The van der Waals surface area contributed by atoms with Crippen molar-refractivity contribution in [2.24, 2.45) is 23.7 Å². The van der Waals surface area contributed by atoms with Crippen molar-refractivity contribution in [3.63, 3.8) is 0 Å². The van der Waals surface area contributed by atoms with Gasteiger partial charge in [-0.3, -0.25) is 0 Å². The predicted molar refractivity (Wildman–Crippen MR) is 97.8 cm³/mol. The molecule has 1 saturated carbocycles. The van der Waals surface area contributed by atoms with Crippen LogP contribution in [0, 0.1) is 23.7 Å². The van der Waals surface area contributed by atoms with Crippen molar-refractivity contribution < 1.29 is 0 Å². The average Bonchev–Trinajstić information content (AvgIpc) is 2.45. The van der Waals surface area contributed by atoms with Gasteiger partial charge >= 0.3 is 0 Å². The molecule has 1 fully saturated rings. The molecule has 0 nitrogen and oxygen atoms in total. The minimum atomic E-state index is -0.0118. The largest absolute Gasteiger partial charge is 0.0716 e. The zero-order valence-corrected chi connectivity index (χ0v) is 15.4. The second-order valence-electron chi connectivity index (χ2n) is 7.78. The van der Waals surface area contributed by atoms with Crippen LogP contribution in [0.15, 0.2) is 30.3 Å². The zero-order chi connectivity index (χ0) is 15.4. The summed E-state index contributed by atoms with van der Waals surface area (Å²) < 4.78 is 0. The summed E-state index contributed by atoms with van der Waals surface area (Å²) in [5.41, 5.74) is 0.938. The molecule has 0 spiro atoms. The molecule has 118 valence electrons. The Labute approximate surface area is 133 Å². The van der Waals surface area contributed by atoms with Crippen LogP contribution >= 0.6 is 7.92 Å². The Bertz CT molecular complexity index is 409. The van der Waals surface area contributed by atoms with Crippen LogP contribution in [0.2, 0.25) is 0 Å². The molecule has 0 heterocycles. The van der Waals surface area contributed by atoms with E-state index in [9.17, 15) is 0 Å². The van der Waals surface area contributed by atoms with E-state index < -0.39 is 0 Å². The smallest absolute Gasteiger partial charge is 0.0136 e. The molecule has 1 heteroatoms. The summed E-state index contributed by atoms with van der Waals surface area (Å²) in [6.45, 7) is 12.2. The molecule has 0 bridgehead atoms. The van der Waals surface area contributed by atoms with Crippen LogP contribution in [0.4, 0.5) is 0 Å². The van der Waals surface area contributed by atoms with Crippen molar-refractivity contribution in [2.45, 2.75) is 59.5 Å². The molecule has 2 rings (SSSR count). The van der Waals surface area contributed by atoms with E-state index in [1.165, 1.54) is 25.4 Å². The first kappa shape index (κ1) is 17.0. The molecule has 4 unspecified atom stereocenters. The summed E-state index contributed by atoms with van der Waals surface area (Å²) in [4.78, 5) is 0. The Morgan fingerprint density at radius 1 is 1.05 bits per heavy atom. The van der Waals surface area contributed by atoms with Gasteiger partial charge in [-0.05, 0) is 53.6 Å². The molecule has 0 aromatic heterocycles. The summed E-state index contributed by atoms with van der Waals surface area (Å²) in [5.74, 6) is 3.50. The number of rotatable bonds is 5. The summed E-state index contributed by atoms with van der Waals surface area (Å²) in [6.07, 6.45) is 5.75. The predicted octanol–water partition coefficient (Wildman–Crippen LogP) is 5.91. The highest BCUT2D eigenvalue weighted by Gasteiger charge is 2.36. The van der Waals surface area contributed by atoms with E-state index in [1.807, 2.05) is 0 Å². The van der Waals surface area contributed by atoms with Crippen molar-refractivity contribution in [1.82, 2.24) is 0 Å². The second-order valence-corrected chi connectivity index (χ2v) is 10.3. The quantitative estimate of drug-likeness (QED) is 0.593. The minimum Gasteiger partial charge on any atom is -0.0716 e. The number of hydrogen-bond donors (Lipinski definition) is 0. The molecule has 0 amide bonds. The molecular weight excluding hydrogens is 271 g/mol. The van der Waals surface area contributed by atoms with E-state index in [2.05, 4.69) is 65.0 Å².